The summed E-state index contributed by atoms with van der Waals surface area (Å²) in [4.78, 5) is 31.5. The Morgan fingerprint density at radius 3 is 2.56 bits per heavy atom. The van der Waals surface area contributed by atoms with Gasteiger partial charge in [0.25, 0.3) is 5.91 Å². The van der Waals surface area contributed by atoms with Gasteiger partial charge in [-0.25, -0.2) is 0 Å². The predicted molar refractivity (Wildman–Crippen MR) is 96.4 cm³/mol. The first-order chi connectivity index (χ1) is 12.2. The van der Waals surface area contributed by atoms with Gasteiger partial charge in [0.05, 0.1) is 23.5 Å². The van der Waals surface area contributed by atoms with Gasteiger partial charge in [0.2, 0.25) is 6.41 Å². The molecule has 0 bridgehead atoms. The Morgan fingerprint density at radius 1 is 1.16 bits per heavy atom. The number of pyridine rings is 1. The molecule has 1 unspecified atom stereocenters. The van der Waals surface area contributed by atoms with Crippen LogP contribution in [0.3, 0.4) is 0 Å². The average Bonchev–Trinajstić information content (AvgIpc) is 2.68. The molecule has 1 atom stereocenters. The van der Waals surface area contributed by atoms with Crippen LogP contribution in [0.5, 0.6) is 0 Å². The first-order valence-corrected chi connectivity index (χ1v) is 8.42. The van der Waals surface area contributed by atoms with Crippen LogP contribution in [0.4, 0.5) is 5.69 Å². The van der Waals surface area contributed by atoms with Gasteiger partial charge in [-0.15, -0.1) is 0 Å². The van der Waals surface area contributed by atoms with Crippen molar-refractivity contribution in [2.45, 2.75) is 13.0 Å². The van der Waals surface area contributed by atoms with Crippen molar-refractivity contribution < 1.29 is 9.59 Å². The summed E-state index contributed by atoms with van der Waals surface area (Å²) in [6.07, 6.45) is 4.22. The summed E-state index contributed by atoms with van der Waals surface area (Å²) in [7, 11) is 0. The highest BCUT2D eigenvalue weighted by Crippen LogP contribution is 2.18. The molecule has 1 aliphatic heterocycles. The van der Waals surface area contributed by atoms with Crippen molar-refractivity contribution in [3.05, 3.63) is 59.9 Å². The van der Waals surface area contributed by atoms with Gasteiger partial charge in [0.1, 0.15) is 0 Å². The maximum atomic E-state index is 12.5. The third-order valence-electron chi connectivity index (χ3n) is 4.46. The molecule has 1 saturated heterocycles. The topological polar surface area (TPSA) is 65.5 Å². The van der Waals surface area contributed by atoms with Crippen molar-refractivity contribution in [3.8, 4) is 0 Å². The van der Waals surface area contributed by atoms with E-state index in [2.05, 4.69) is 15.2 Å². The smallest absolute Gasteiger partial charge is 0.253 e. The summed E-state index contributed by atoms with van der Waals surface area (Å²) < 4.78 is 0. The zero-order chi connectivity index (χ0) is 17.6. The van der Waals surface area contributed by atoms with E-state index in [1.807, 2.05) is 43.3 Å². The van der Waals surface area contributed by atoms with Crippen molar-refractivity contribution >= 4 is 18.0 Å². The van der Waals surface area contributed by atoms with E-state index in [9.17, 15) is 9.59 Å². The van der Waals surface area contributed by atoms with Crippen LogP contribution in [0.1, 0.15) is 28.9 Å². The minimum atomic E-state index is -0.141. The van der Waals surface area contributed by atoms with Crippen LogP contribution in [0.25, 0.3) is 0 Å². The lowest BCUT2D eigenvalue weighted by Crippen LogP contribution is -2.45. The molecule has 0 radical (unpaired) electrons. The number of piperazine rings is 1. The van der Waals surface area contributed by atoms with Crippen molar-refractivity contribution in [2.24, 2.45) is 0 Å². The van der Waals surface area contributed by atoms with Crippen molar-refractivity contribution in [1.82, 2.24) is 15.2 Å². The Morgan fingerprint density at radius 2 is 1.88 bits per heavy atom. The molecule has 6 nitrogen and oxygen atoms in total. The van der Waals surface area contributed by atoms with E-state index in [1.165, 1.54) is 0 Å². The summed E-state index contributed by atoms with van der Waals surface area (Å²) in [5, 5.41) is 3.01. The quantitative estimate of drug-likeness (QED) is 0.845. The molecule has 1 N–H and O–H groups in total. The molecule has 130 valence electrons. The second-order valence-electron chi connectivity index (χ2n) is 6.17. The van der Waals surface area contributed by atoms with Crippen molar-refractivity contribution in [2.75, 3.05) is 31.1 Å². The zero-order valence-electron chi connectivity index (χ0n) is 14.3. The maximum absolute atomic E-state index is 12.5. The molecule has 1 aliphatic rings. The number of aromatic nitrogens is 1. The van der Waals surface area contributed by atoms with Crippen LogP contribution in [0, 0.1) is 0 Å². The van der Waals surface area contributed by atoms with E-state index in [-0.39, 0.29) is 11.9 Å². The summed E-state index contributed by atoms with van der Waals surface area (Å²) in [5.74, 6) is -0.141. The second-order valence-corrected chi connectivity index (χ2v) is 6.17. The Kier molecular flexibility index (Phi) is 5.28. The lowest BCUT2D eigenvalue weighted by molar-refractivity contribution is -0.118. The van der Waals surface area contributed by atoms with E-state index >= 15 is 0 Å². The standard InChI is InChI=1S/C19H22N4O2/c1-15(16-5-3-2-4-6-16)21-19(25)17-11-18(13-20-12-17)23-9-7-22(14-24)8-10-23/h2-6,11-15H,7-10H2,1H3,(H,21,25). The van der Waals surface area contributed by atoms with Crippen molar-refractivity contribution in [1.29, 1.82) is 0 Å². The Balaban J connectivity index is 1.66. The van der Waals surface area contributed by atoms with Crippen LogP contribution >= 0.6 is 0 Å². The molecular formula is C19H22N4O2. The van der Waals surface area contributed by atoms with E-state index in [0.717, 1.165) is 30.8 Å². The molecule has 3 rings (SSSR count). The molecule has 6 heteroatoms. The van der Waals surface area contributed by atoms with Gasteiger partial charge < -0.3 is 15.1 Å². The first kappa shape index (κ1) is 17.0. The largest absolute Gasteiger partial charge is 0.367 e. The Labute approximate surface area is 147 Å². The molecule has 0 saturated carbocycles. The highest BCUT2D eigenvalue weighted by molar-refractivity contribution is 5.95. The van der Waals surface area contributed by atoms with Gasteiger partial charge in [0, 0.05) is 32.4 Å². The number of rotatable bonds is 5. The van der Waals surface area contributed by atoms with Crippen LogP contribution in [-0.4, -0.2) is 48.4 Å². The van der Waals surface area contributed by atoms with Gasteiger partial charge >= 0.3 is 0 Å². The van der Waals surface area contributed by atoms with Gasteiger partial charge in [0.15, 0.2) is 0 Å². The summed E-state index contributed by atoms with van der Waals surface area (Å²) in [6, 6.07) is 11.6. The number of anilines is 1. The number of benzene rings is 1. The predicted octanol–water partition coefficient (Wildman–Crippen LogP) is 1.85. The van der Waals surface area contributed by atoms with E-state index in [1.54, 1.807) is 17.3 Å². The van der Waals surface area contributed by atoms with E-state index in [0.29, 0.717) is 18.7 Å². The monoisotopic (exact) mass is 338 g/mol. The second kappa shape index (κ2) is 7.79. The van der Waals surface area contributed by atoms with E-state index in [4.69, 9.17) is 0 Å². The van der Waals surface area contributed by atoms with Crippen LogP contribution in [0.15, 0.2) is 48.8 Å². The molecular weight excluding hydrogens is 316 g/mol. The minimum Gasteiger partial charge on any atom is -0.367 e. The number of nitrogens with one attached hydrogen (secondary N) is 1. The molecule has 1 aromatic carbocycles. The molecule has 0 spiro atoms. The molecule has 1 aromatic heterocycles. The lowest BCUT2D eigenvalue weighted by atomic mass is 10.1. The number of hydrogen-bond donors (Lipinski definition) is 1. The summed E-state index contributed by atoms with van der Waals surface area (Å²) >= 11 is 0. The third kappa shape index (κ3) is 4.15. The molecule has 1 fully saturated rings. The molecule has 2 heterocycles. The Hall–Kier alpha value is -2.89. The Bertz CT molecular complexity index is 727. The molecule has 2 aromatic rings. The van der Waals surface area contributed by atoms with Gasteiger partial charge in [-0.1, -0.05) is 30.3 Å². The summed E-state index contributed by atoms with van der Waals surface area (Å²) in [5.41, 5.74) is 2.51. The average molecular weight is 338 g/mol. The highest BCUT2D eigenvalue weighted by Gasteiger charge is 2.18. The minimum absolute atomic E-state index is 0.0755. The van der Waals surface area contributed by atoms with Crippen LogP contribution < -0.4 is 10.2 Å². The fraction of sp³-hybridized carbons (Fsp3) is 0.316. The third-order valence-corrected chi connectivity index (χ3v) is 4.46. The normalized spacial score (nSPS) is 15.6. The van der Waals surface area contributed by atoms with Gasteiger partial charge in [-0.2, -0.15) is 0 Å². The van der Waals surface area contributed by atoms with Crippen molar-refractivity contribution in [3.63, 3.8) is 0 Å². The van der Waals surface area contributed by atoms with E-state index < -0.39 is 0 Å². The lowest BCUT2D eigenvalue weighted by Gasteiger charge is -2.34. The zero-order valence-corrected chi connectivity index (χ0v) is 14.3. The van der Waals surface area contributed by atoms with Gasteiger partial charge in [-0.3, -0.25) is 14.6 Å². The number of hydrogen-bond acceptors (Lipinski definition) is 4. The van der Waals surface area contributed by atoms with Crippen LogP contribution in [0.2, 0.25) is 0 Å². The SMILES string of the molecule is CC(NC(=O)c1cncc(N2CCN(C=O)CC2)c1)c1ccccc1. The maximum Gasteiger partial charge on any atom is 0.253 e. The molecule has 0 aliphatic carbocycles. The fourth-order valence-electron chi connectivity index (χ4n) is 2.92. The fourth-order valence-corrected chi connectivity index (χ4v) is 2.92. The molecule has 2 amide bonds. The number of nitrogens with zero attached hydrogens (tertiary/aromatic N) is 3. The number of carbonyl (C=O) groups is 2. The van der Waals surface area contributed by atoms with Crippen LogP contribution in [-0.2, 0) is 4.79 Å². The number of carbonyl (C=O) groups excluding carboxylic acids is 2. The molecule has 25 heavy (non-hydrogen) atoms. The summed E-state index contributed by atoms with van der Waals surface area (Å²) in [6.45, 7) is 4.82. The number of amides is 2. The highest BCUT2D eigenvalue weighted by atomic mass is 16.1. The first-order valence-electron chi connectivity index (χ1n) is 8.42. The van der Waals surface area contributed by atoms with Gasteiger partial charge in [-0.05, 0) is 18.6 Å².